The van der Waals surface area contributed by atoms with Crippen LogP contribution in [0.4, 0.5) is 0 Å². The van der Waals surface area contributed by atoms with E-state index < -0.39 is 0 Å². The second kappa shape index (κ2) is 3.42. The van der Waals surface area contributed by atoms with E-state index in [0.717, 1.165) is 16.3 Å². The van der Waals surface area contributed by atoms with E-state index in [1.54, 1.807) is 24.1 Å². The van der Waals surface area contributed by atoms with E-state index in [2.05, 4.69) is 15.9 Å². The van der Waals surface area contributed by atoms with Gasteiger partial charge in [0.2, 0.25) is 0 Å². The minimum absolute atomic E-state index is 0.0376. The van der Waals surface area contributed by atoms with Crippen molar-refractivity contribution in [2.45, 2.75) is 19.4 Å². The van der Waals surface area contributed by atoms with Crippen LogP contribution < -0.4 is 0 Å². The smallest absolute Gasteiger partial charge is 0.254 e. The fraction of sp³-hybridized carbons (Fsp3) is 0.333. The van der Waals surface area contributed by atoms with Crippen molar-refractivity contribution in [2.75, 3.05) is 7.05 Å². The first-order valence-electron chi connectivity index (χ1n) is 4.97. The van der Waals surface area contributed by atoms with Crippen molar-refractivity contribution in [1.29, 1.82) is 0 Å². The number of benzene rings is 1. The Hall–Kier alpha value is -1.16. The molecule has 3 nitrogen and oxygen atoms in total. The van der Waals surface area contributed by atoms with Crippen LogP contribution in [0.5, 0.6) is 0 Å². The number of hydrogen-bond acceptors (Lipinski definition) is 2. The predicted octanol–water partition coefficient (Wildman–Crippen LogP) is 2.58. The van der Waals surface area contributed by atoms with Crippen LogP contribution in [-0.4, -0.2) is 24.1 Å². The number of amides is 1. The van der Waals surface area contributed by atoms with E-state index in [1.165, 1.54) is 0 Å². The maximum atomic E-state index is 12.0. The van der Waals surface area contributed by atoms with Crippen molar-refractivity contribution in [3.63, 3.8) is 0 Å². The largest absolute Gasteiger partial charge is 0.332 e. The maximum Gasteiger partial charge on any atom is 0.254 e. The van der Waals surface area contributed by atoms with Crippen LogP contribution in [0.25, 0.3) is 0 Å². The minimum atomic E-state index is -0.341. The Labute approximate surface area is 103 Å². The summed E-state index contributed by atoms with van der Waals surface area (Å²) in [6.45, 7) is 3.98. The van der Waals surface area contributed by atoms with E-state index in [1.807, 2.05) is 13.8 Å². The highest BCUT2D eigenvalue weighted by Gasteiger charge is 2.42. The molecule has 84 valence electrons. The zero-order chi connectivity index (χ0) is 12.1. The van der Waals surface area contributed by atoms with Crippen LogP contribution in [0.2, 0.25) is 0 Å². The van der Waals surface area contributed by atoms with Crippen LogP contribution >= 0.6 is 15.9 Å². The van der Waals surface area contributed by atoms with Gasteiger partial charge in [-0.05, 0) is 26.0 Å². The van der Waals surface area contributed by atoms with Crippen molar-refractivity contribution in [2.24, 2.45) is 0 Å². The van der Waals surface area contributed by atoms with Gasteiger partial charge in [-0.2, -0.15) is 0 Å². The lowest BCUT2D eigenvalue weighted by molar-refractivity contribution is 0.0690. The van der Waals surface area contributed by atoms with Crippen LogP contribution in [0.1, 0.15) is 40.1 Å². The second-order valence-electron chi connectivity index (χ2n) is 4.47. The summed E-state index contributed by atoms with van der Waals surface area (Å²) in [5.41, 5.74) is 1.74. The van der Waals surface area contributed by atoms with Gasteiger partial charge in [0.05, 0.1) is 5.54 Å². The number of hydrogen-bond donors (Lipinski definition) is 0. The standard InChI is InChI=1S/C12H12BrNO2/c1-12(2)10-8(11(16)14(12)3)4-7(6-15)5-9(10)13/h4-6H,1-3H3. The first-order chi connectivity index (χ1) is 7.39. The highest BCUT2D eigenvalue weighted by atomic mass is 79.9. The lowest BCUT2D eigenvalue weighted by Crippen LogP contribution is -2.35. The third-order valence-electron chi connectivity index (χ3n) is 3.23. The molecule has 0 saturated carbocycles. The molecule has 0 aliphatic carbocycles. The summed E-state index contributed by atoms with van der Waals surface area (Å²) < 4.78 is 0.815. The summed E-state index contributed by atoms with van der Waals surface area (Å²) >= 11 is 3.43. The van der Waals surface area contributed by atoms with Crippen LogP contribution in [0, 0.1) is 0 Å². The van der Waals surface area contributed by atoms with Crippen molar-refractivity contribution >= 4 is 28.1 Å². The molecule has 0 saturated heterocycles. The normalized spacial score (nSPS) is 17.5. The van der Waals surface area contributed by atoms with Crippen molar-refractivity contribution in [3.05, 3.63) is 33.3 Å². The quantitative estimate of drug-likeness (QED) is 0.742. The fourth-order valence-corrected chi connectivity index (χ4v) is 3.05. The van der Waals surface area contributed by atoms with Crippen molar-refractivity contribution < 1.29 is 9.59 Å². The number of aldehydes is 1. The zero-order valence-electron chi connectivity index (χ0n) is 9.37. The molecule has 1 amide bonds. The van der Waals surface area contributed by atoms with Crippen molar-refractivity contribution in [1.82, 2.24) is 4.90 Å². The molecule has 16 heavy (non-hydrogen) atoms. The third kappa shape index (κ3) is 1.33. The minimum Gasteiger partial charge on any atom is -0.332 e. The highest BCUT2D eigenvalue weighted by molar-refractivity contribution is 9.10. The summed E-state index contributed by atoms with van der Waals surface area (Å²) in [6, 6.07) is 3.40. The molecule has 0 aromatic heterocycles. The number of carbonyl (C=O) groups is 2. The molecule has 0 spiro atoms. The van der Waals surface area contributed by atoms with Gasteiger partial charge in [-0.15, -0.1) is 0 Å². The van der Waals surface area contributed by atoms with Gasteiger partial charge < -0.3 is 4.90 Å². The molecule has 1 aliphatic rings. The molecule has 0 N–H and O–H groups in total. The fourth-order valence-electron chi connectivity index (χ4n) is 2.09. The number of halogens is 1. The topological polar surface area (TPSA) is 37.4 Å². The van der Waals surface area contributed by atoms with Crippen LogP contribution in [0.15, 0.2) is 16.6 Å². The van der Waals surface area contributed by atoms with E-state index in [-0.39, 0.29) is 11.4 Å². The lowest BCUT2D eigenvalue weighted by atomic mass is 9.93. The summed E-state index contributed by atoms with van der Waals surface area (Å²) in [7, 11) is 1.77. The maximum absolute atomic E-state index is 12.0. The van der Waals surface area contributed by atoms with Gasteiger partial charge in [0.15, 0.2) is 0 Å². The summed E-state index contributed by atoms with van der Waals surface area (Å²) in [4.78, 5) is 24.5. The molecule has 2 rings (SSSR count). The Bertz CT molecular complexity index is 494. The van der Waals surface area contributed by atoms with Gasteiger partial charge in [-0.25, -0.2) is 0 Å². The molecule has 0 radical (unpaired) electrons. The Balaban J connectivity index is 2.76. The van der Waals surface area contributed by atoms with E-state index in [4.69, 9.17) is 0 Å². The Kier molecular flexibility index (Phi) is 2.42. The van der Waals surface area contributed by atoms with E-state index >= 15 is 0 Å². The third-order valence-corrected chi connectivity index (χ3v) is 3.86. The van der Waals surface area contributed by atoms with Gasteiger partial charge in [-0.3, -0.25) is 9.59 Å². The second-order valence-corrected chi connectivity index (χ2v) is 5.32. The first-order valence-corrected chi connectivity index (χ1v) is 5.76. The van der Waals surface area contributed by atoms with Crippen LogP contribution in [0.3, 0.4) is 0 Å². The van der Waals surface area contributed by atoms with Gasteiger partial charge >= 0.3 is 0 Å². The number of fused-ring (bicyclic) bond motifs is 1. The molecule has 0 atom stereocenters. The molecule has 1 aromatic rings. The first kappa shape index (κ1) is 11.3. The number of carbonyl (C=O) groups excluding carboxylic acids is 2. The zero-order valence-corrected chi connectivity index (χ0v) is 11.0. The highest BCUT2D eigenvalue weighted by Crippen LogP contribution is 2.42. The van der Waals surface area contributed by atoms with Gasteiger partial charge in [0.25, 0.3) is 5.91 Å². The van der Waals surface area contributed by atoms with Gasteiger partial charge in [0, 0.05) is 28.2 Å². The summed E-state index contributed by atoms with van der Waals surface area (Å²) in [6.07, 6.45) is 0.754. The molecule has 0 bridgehead atoms. The van der Waals surface area contributed by atoms with E-state index in [9.17, 15) is 9.59 Å². The molecule has 0 unspecified atom stereocenters. The monoisotopic (exact) mass is 281 g/mol. The average molecular weight is 282 g/mol. The molecule has 0 fully saturated rings. The van der Waals surface area contributed by atoms with Crippen LogP contribution in [-0.2, 0) is 5.54 Å². The molecule has 4 heteroatoms. The van der Waals surface area contributed by atoms with Gasteiger partial charge in [-0.1, -0.05) is 15.9 Å². The lowest BCUT2D eigenvalue weighted by Gasteiger charge is -2.29. The molecule has 1 heterocycles. The van der Waals surface area contributed by atoms with Crippen molar-refractivity contribution in [3.8, 4) is 0 Å². The Morgan fingerprint density at radius 1 is 1.38 bits per heavy atom. The van der Waals surface area contributed by atoms with E-state index in [0.29, 0.717) is 11.1 Å². The summed E-state index contributed by atoms with van der Waals surface area (Å²) in [5.74, 6) is -0.0376. The molecular weight excluding hydrogens is 270 g/mol. The molecule has 1 aliphatic heterocycles. The van der Waals surface area contributed by atoms with Gasteiger partial charge in [0.1, 0.15) is 6.29 Å². The number of nitrogens with zero attached hydrogens (tertiary/aromatic N) is 1. The Morgan fingerprint density at radius 2 is 2.00 bits per heavy atom. The SMILES string of the molecule is CN1C(=O)c2cc(C=O)cc(Br)c2C1(C)C. The predicted molar refractivity (Wildman–Crippen MR) is 64.6 cm³/mol. The summed E-state index contributed by atoms with van der Waals surface area (Å²) in [5, 5.41) is 0. The molecule has 1 aromatic carbocycles. The average Bonchev–Trinajstić information content (AvgIpc) is 2.40. The molecular formula is C12H12BrNO2. The number of rotatable bonds is 1. The Morgan fingerprint density at radius 3 is 2.56 bits per heavy atom.